The molecule has 1 amide bonds. The molecule has 144 valence electrons. The van der Waals surface area contributed by atoms with Gasteiger partial charge < -0.3 is 0 Å². The molecule has 0 aliphatic carbocycles. The van der Waals surface area contributed by atoms with E-state index in [-0.39, 0.29) is 5.91 Å². The standard InChI is InChI=1S/C24H21N3OS/c1-17(18-11-13-20(14-12-18)19-7-3-2-4-8-19)26-27-23(28)16-29-24-15-21-9-5-6-10-22(21)25-24/h2-14H,15-16H2,1H3,(H,27,28)/b26-17+. The molecule has 0 radical (unpaired) electrons. The zero-order chi connectivity index (χ0) is 20.1. The lowest BCUT2D eigenvalue weighted by Crippen LogP contribution is -2.22. The number of hydrogen-bond donors (Lipinski definition) is 1. The lowest BCUT2D eigenvalue weighted by molar-refractivity contribution is -0.118. The van der Waals surface area contributed by atoms with Crippen LogP contribution in [0.4, 0.5) is 5.69 Å². The van der Waals surface area contributed by atoms with Gasteiger partial charge in [-0.3, -0.25) is 4.79 Å². The van der Waals surface area contributed by atoms with Crippen molar-refractivity contribution in [1.82, 2.24) is 5.43 Å². The largest absolute Gasteiger partial charge is 0.272 e. The van der Waals surface area contributed by atoms with E-state index in [0.717, 1.165) is 34.0 Å². The van der Waals surface area contributed by atoms with Gasteiger partial charge in [0.15, 0.2) is 0 Å². The molecule has 0 bridgehead atoms. The topological polar surface area (TPSA) is 53.8 Å². The van der Waals surface area contributed by atoms with Crippen molar-refractivity contribution in [2.45, 2.75) is 13.3 Å². The Kier molecular flexibility index (Phi) is 5.86. The van der Waals surface area contributed by atoms with Crippen molar-refractivity contribution in [1.29, 1.82) is 0 Å². The highest BCUT2D eigenvalue weighted by molar-refractivity contribution is 8.14. The number of rotatable bonds is 5. The summed E-state index contributed by atoms with van der Waals surface area (Å²) in [6.45, 7) is 1.89. The summed E-state index contributed by atoms with van der Waals surface area (Å²) >= 11 is 1.46. The Bertz CT molecular complexity index is 1070. The number of carbonyl (C=O) groups excluding carboxylic acids is 1. The number of nitrogens with one attached hydrogen (secondary N) is 1. The van der Waals surface area contributed by atoms with Gasteiger partial charge in [0.05, 0.1) is 22.2 Å². The summed E-state index contributed by atoms with van der Waals surface area (Å²) in [4.78, 5) is 16.7. The second-order valence-corrected chi connectivity index (χ2v) is 7.82. The third-order valence-electron chi connectivity index (χ3n) is 4.71. The fraction of sp³-hybridized carbons (Fsp3) is 0.125. The molecule has 0 saturated heterocycles. The van der Waals surface area contributed by atoms with E-state index < -0.39 is 0 Å². The minimum Gasteiger partial charge on any atom is -0.272 e. The molecule has 1 heterocycles. The summed E-state index contributed by atoms with van der Waals surface area (Å²) in [6.07, 6.45) is 0.796. The Labute approximate surface area is 174 Å². The first-order chi connectivity index (χ1) is 14.2. The molecule has 1 aliphatic rings. The van der Waals surface area contributed by atoms with Gasteiger partial charge in [-0.1, -0.05) is 72.8 Å². The minimum atomic E-state index is -0.131. The Morgan fingerprint density at radius 3 is 2.41 bits per heavy atom. The van der Waals surface area contributed by atoms with E-state index >= 15 is 0 Å². The fourth-order valence-corrected chi connectivity index (χ4v) is 3.90. The first-order valence-corrected chi connectivity index (χ1v) is 10.4. The molecule has 3 aromatic rings. The van der Waals surface area contributed by atoms with Gasteiger partial charge in [0.2, 0.25) is 5.91 Å². The lowest BCUT2D eigenvalue weighted by atomic mass is 10.0. The van der Waals surface area contributed by atoms with Gasteiger partial charge in [0.25, 0.3) is 0 Å². The molecule has 0 saturated carbocycles. The van der Waals surface area contributed by atoms with Crippen molar-refractivity contribution in [3.63, 3.8) is 0 Å². The van der Waals surface area contributed by atoms with E-state index in [0.29, 0.717) is 5.75 Å². The maximum Gasteiger partial charge on any atom is 0.250 e. The van der Waals surface area contributed by atoms with Crippen molar-refractivity contribution in [2.24, 2.45) is 10.1 Å². The monoisotopic (exact) mass is 399 g/mol. The Balaban J connectivity index is 1.30. The van der Waals surface area contributed by atoms with Gasteiger partial charge in [0, 0.05) is 6.42 Å². The summed E-state index contributed by atoms with van der Waals surface area (Å²) in [7, 11) is 0. The number of hydrazone groups is 1. The van der Waals surface area contributed by atoms with Crippen molar-refractivity contribution < 1.29 is 4.79 Å². The number of fused-ring (bicyclic) bond motifs is 1. The Morgan fingerprint density at radius 1 is 0.966 bits per heavy atom. The Hall–Kier alpha value is -3.18. The van der Waals surface area contributed by atoms with Crippen LogP contribution in [0, 0.1) is 0 Å². The van der Waals surface area contributed by atoms with Crippen LogP contribution in [0.25, 0.3) is 11.1 Å². The summed E-state index contributed by atoms with van der Waals surface area (Å²) in [5, 5.41) is 5.22. The molecule has 0 spiro atoms. The molecule has 1 aliphatic heterocycles. The maximum absolute atomic E-state index is 12.2. The van der Waals surface area contributed by atoms with Crippen LogP contribution in [-0.4, -0.2) is 22.4 Å². The SMILES string of the molecule is C/C(=N\NC(=O)CSC1=Nc2ccccc2C1)c1ccc(-c2ccccc2)cc1. The maximum atomic E-state index is 12.2. The third kappa shape index (κ3) is 4.81. The molecule has 0 aromatic heterocycles. The molecule has 1 N–H and O–H groups in total. The number of thioether (sulfide) groups is 1. The average Bonchev–Trinajstić information content (AvgIpc) is 3.20. The van der Waals surface area contributed by atoms with Gasteiger partial charge in [0.1, 0.15) is 0 Å². The second kappa shape index (κ2) is 8.88. The van der Waals surface area contributed by atoms with Crippen molar-refractivity contribution in [3.8, 4) is 11.1 Å². The van der Waals surface area contributed by atoms with Crippen LogP contribution >= 0.6 is 11.8 Å². The molecule has 0 fully saturated rings. The van der Waals surface area contributed by atoms with Gasteiger partial charge >= 0.3 is 0 Å². The van der Waals surface area contributed by atoms with Crippen LogP contribution in [0.5, 0.6) is 0 Å². The first kappa shape index (κ1) is 19.2. The zero-order valence-electron chi connectivity index (χ0n) is 16.1. The van der Waals surface area contributed by atoms with Crippen LogP contribution < -0.4 is 5.43 Å². The van der Waals surface area contributed by atoms with Crippen LogP contribution in [-0.2, 0) is 11.2 Å². The second-order valence-electron chi connectivity index (χ2n) is 6.78. The fourth-order valence-electron chi connectivity index (χ4n) is 3.12. The highest BCUT2D eigenvalue weighted by Crippen LogP contribution is 2.29. The highest BCUT2D eigenvalue weighted by atomic mass is 32.2. The van der Waals surface area contributed by atoms with Crippen molar-refractivity contribution in [2.75, 3.05) is 5.75 Å². The first-order valence-electron chi connectivity index (χ1n) is 9.46. The Morgan fingerprint density at radius 2 is 1.66 bits per heavy atom. The quantitative estimate of drug-likeness (QED) is 0.473. The van der Waals surface area contributed by atoms with Crippen molar-refractivity contribution in [3.05, 3.63) is 90.0 Å². The van der Waals surface area contributed by atoms with Crippen LogP contribution in [0.1, 0.15) is 18.1 Å². The molecular formula is C24H21N3OS. The summed E-state index contributed by atoms with van der Waals surface area (Å²) < 4.78 is 0. The molecular weight excluding hydrogens is 378 g/mol. The number of para-hydroxylation sites is 1. The summed E-state index contributed by atoms with van der Waals surface area (Å²) in [6, 6.07) is 26.5. The number of carbonyl (C=O) groups is 1. The van der Waals surface area contributed by atoms with Crippen LogP contribution in [0.15, 0.2) is 89.0 Å². The highest BCUT2D eigenvalue weighted by Gasteiger charge is 2.15. The average molecular weight is 400 g/mol. The number of aliphatic imine (C=N–C) groups is 1. The zero-order valence-corrected chi connectivity index (χ0v) is 16.9. The van der Waals surface area contributed by atoms with Crippen molar-refractivity contribution >= 4 is 34.1 Å². The van der Waals surface area contributed by atoms with E-state index in [1.807, 2.05) is 55.5 Å². The van der Waals surface area contributed by atoms with E-state index in [2.05, 4.69) is 45.9 Å². The number of hydrogen-bond acceptors (Lipinski definition) is 4. The number of benzene rings is 3. The third-order valence-corrected chi connectivity index (χ3v) is 5.68. The van der Waals surface area contributed by atoms with E-state index in [9.17, 15) is 4.79 Å². The van der Waals surface area contributed by atoms with Gasteiger partial charge in [-0.25, -0.2) is 10.4 Å². The lowest BCUT2D eigenvalue weighted by Gasteiger charge is -2.05. The number of nitrogens with zero attached hydrogens (tertiary/aromatic N) is 2. The van der Waals surface area contributed by atoms with E-state index in [4.69, 9.17) is 0 Å². The van der Waals surface area contributed by atoms with Crippen LogP contribution in [0.3, 0.4) is 0 Å². The van der Waals surface area contributed by atoms with E-state index in [1.165, 1.54) is 22.9 Å². The smallest absolute Gasteiger partial charge is 0.250 e. The molecule has 0 atom stereocenters. The van der Waals surface area contributed by atoms with Gasteiger partial charge in [-0.15, -0.1) is 11.8 Å². The predicted molar refractivity (Wildman–Crippen MR) is 122 cm³/mol. The normalized spacial score (nSPS) is 13.0. The van der Waals surface area contributed by atoms with E-state index in [1.54, 1.807) is 0 Å². The molecule has 5 heteroatoms. The predicted octanol–water partition coefficient (Wildman–Crippen LogP) is 5.21. The van der Waals surface area contributed by atoms with Gasteiger partial charge in [-0.2, -0.15) is 5.10 Å². The summed E-state index contributed by atoms with van der Waals surface area (Å²) in [5.74, 6) is 0.171. The molecule has 0 unspecified atom stereocenters. The van der Waals surface area contributed by atoms with Gasteiger partial charge in [-0.05, 0) is 35.2 Å². The number of amides is 1. The molecule has 4 nitrogen and oxygen atoms in total. The molecule has 3 aromatic carbocycles. The minimum absolute atomic E-state index is 0.131. The molecule has 4 rings (SSSR count). The van der Waals surface area contributed by atoms with Crippen LogP contribution in [0.2, 0.25) is 0 Å². The summed E-state index contributed by atoms with van der Waals surface area (Å²) in [5.41, 5.74) is 8.94. The molecule has 29 heavy (non-hydrogen) atoms.